The Hall–Kier alpha value is -1.58. The summed E-state index contributed by atoms with van der Waals surface area (Å²) >= 11 is 0. The number of carbonyl (C=O) groups excluding carboxylic acids is 1. The van der Waals surface area contributed by atoms with Crippen molar-refractivity contribution in [1.29, 1.82) is 0 Å². The Kier molecular flexibility index (Phi) is 9.98. The van der Waals surface area contributed by atoms with E-state index in [1.54, 1.807) is 37.3 Å². The van der Waals surface area contributed by atoms with Gasteiger partial charge in [-0.15, -0.1) is 18.3 Å². The molecule has 8 heteroatoms. The molecule has 1 N–H and O–H groups in total. The van der Waals surface area contributed by atoms with E-state index in [0.717, 1.165) is 5.76 Å². The van der Waals surface area contributed by atoms with Crippen molar-refractivity contribution in [3.63, 3.8) is 0 Å². The zero-order valence-electron chi connectivity index (χ0n) is 17.0. The molecule has 0 spiro atoms. The molecular weight excluding hydrogens is 383 g/mol. The fraction of sp³-hybridized carbons (Fsp3) is 0.300. The number of ether oxygens (including phenoxy) is 1. The molecule has 142 valence electrons. The van der Waals surface area contributed by atoms with Crippen molar-refractivity contribution < 1.29 is 65.4 Å². The number of benzene rings is 1. The van der Waals surface area contributed by atoms with Gasteiger partial charge in [-0.2, -0.15) is 29.2 Å². The minimum Gasteiger partial charge on any atom is -0.481 e. The number of nitrogens with one attached hydrogen (secondary N) is 1. The Morgan fingerprint density at radius 1 is 1.21 bits per heavy atom. The first-order chi connectivity index (χ1) is 12.8. The number of aryl methyl sites for hydroxylation is 1. The molecule has 0 bridgehead atoms. The van der Waals surface area contributed by atoms with Crippen LogP contribution in [0, 0.1) is 19.2 Å². The first-order valence-corrected chi connectivity index (χ1v) is 8.30. The maximum Gasteiger partial charge on any atom is 1.00 e. The van der Waals surface area contributed by atoms with Gasteiger partial charge in [0.05, 0.1) is 7.11 Å². The number of rotatable bonds is 3. The Bertz CT molecular complexity index is 863. The first-order valence-electron chi connectivity index (χ1n) is 8.30. The molecule has 0 saturated heterocycles. The second kappa shape index (κ2) is 11.4. The van der Waals surface area contributed by atoms with Gasteiger partial charge < -0.3 is 14.6 Å². The second-order valence-corrected chi connectivity index (χ2v) is 6.66. The Morgan fingerprint density at radius 2 is 1.89 bits per heavy atom. The van der Waals surface area contributed by atoms with Gasteiger partial charge in [0.25, 0.3) is 5.91 Å². The van der Waals surface area contributed by atoms with Gasteiger partial charge in [0.2, 0.25) is 5.88 Å². The van der Waals surface area contributed by atoms with Gasteiger partial charge in [-0.1, -0.05) is 26.5 Å². The zero-order valence-corrected chi connectivity index (χ0v) is 20.2. The first kappa shape index (κ1) is 24.5. The number of carbonyl (C=O) groups is 1. The van der Waals surface area contributed by atoms with Crippen LogP contribution in [0.4, 0.5) is 5.69 Å². The van der Waals surface area contributed by atoms with Crippen LogP contribution in [0.5, 0.6) is 5.88 Å². The average molecular weight is 406 g/mol. The van der Waals surface area contributed by atoms with Gasteiger partial charge in [-0.25, -0.2) is 10.1 Å². The summed E-state index contributed by atoms with van der Waals surface area (Å²) in [6.45, 7) is 7.92. The molecule has 0 saturated carbocycles. The third kappa shape index (κ3) is 7.81. The summed E-state index contributed by atoms with van der Waals surface area (Å²) in [6, 6.07) is 13.1. The fourth-order valence-electron chi connectivity index (χ4n) is 1.97. The number of hydrogen-bond acceptors (Lipinski definition) is 6. The summed E-state index contributed by atoms with van der Waals surface area (Å²) in [5.74, 6) is 1.43. The summed E-state index contributed by atoms with van der Waals surface area (Å²) in [5, 5.41) is 6.22. The molecule has 0 radical (unpaired) electrons. The molecule has 1 aromatic carbocycles. The largest absolute Gasteiger partial charge is 1.00 e. The van der Waals surface area contributed by atoms with Gasteiger partial charge in [0.1, 0.15) is 11.5 Å². The van der Waals surface area contributed by atoms with E-state index >= 15 is 0 Å². The SMILES string of the molecule is CC(C)(C)c1c[c-]no1.COc1cc(C(=O)Nc2cc[c-]cc2)nc(C)n1.[K+]. The smallest absolute Gasteiger partial charge is 0.481 e. The molecular formula is C20H22KN4O3-. The van der Waals surface area contributed by atoms with Gasteiger partial charge >= 0.3 is 51.4 Å². The molecule has 3 aromatic rings. The van der Waals surface area contributed by atoms with Crippen LogP contribution in [0.1, 0.15) is 42.8 Å². The van der Waals surface area contributed by atoms with Crippen LogP contribution >= 0.6 is 0 Å². The topological polar surface area (TPSA) is 90.1 Å². The summed E-state index contributed by atoms with van der Waals surface area (Å²) in [6.07, 6.45) is 2.62. The van der Waals surface area contributed by atoms with E-state index in [1.165, 1.54) is 13.2 Å². The standard InChI is InChI=1S/C13H12N3O2.C7H10NO.K/c1-9-14-11(8-12(15-9)18-2)13(17)16-10-6-4-3-5-7-10;1-7(2,3)6-4-5-8-9-6;/h4-8H,1-2H3,(H,16,17);4H,1-3H3;/q2*-1;+1. The van der Waals surface area contributed by atoms with Crippen LogP contribution in [0.3, 0.4) is 0 Å². The molecule has 0 unspecified atom stereocenters. The van der Waals surface area contributed by atoms with Crippen LogP contribution < -0.4 is 61.4 Å². The van der Waals surface area contributed by atoms with Gasteiger partial charge in [-0.3, -0.25) is 4.79 Å². The van der Waals surface area contributed by atoms with Crippen LogP contribution in [-0.4, -0.2) is 28.1 Å². The van der Waals surface area contributed by atoms with Gasteiger partial charge in [0, 0.05) is 6.07 Å². The van der Waals surface area contributed by atoms with Crippen molar-refractivity contribution in [3.05, 3.63) is 65.9 Å². The summed E-state index contributed by atoms with van der Waals surface area (Å²) < 4.78 is 9.89. The molecule has 7 nitrogen and oxygen atoms in total. The van der Waals surface area contributed by atoms with Crippen molar-refractivity contribution in [2.75, 3.05) is 12.4 Å². The van der Waals surface area contributed by atoms with E-state index in [-0.39, 0.29) is 68.4 Å². The van der Waals surface area contributed by atoms with E-state index in [4.69, 9.17) is 9.26 Å². The van der Waals surface area contributed by atoms with Crippen molar-refractivity contribution in [3.8, 4) is 5.88 Å². The Balaban J connectivity index is 0.000000332. The Morgan fingerprint density at radius 3 is 2.39 bits per heavy atom. The number of methoxy groups -OCH3 is 1. The molecule has 0 aliphatic heterocycles. The summed E-state index contributed by atoms with van der Waals surface area (Å²) in [5.41, 5.74) is 1.02. The third-order valence-corrected chi connectivity index (χ3v) is 3.36. The van der Waals surface area contributed by atoms with Crippen LogP contribution in [0.25, 0.3) is 0 Å². The minimum atomic E-state index is -0.301. The summed E-state index contributed by atoms with van der Waals surface area (Å²) in [4.78, 5) is 20.1. The molecule has 1 amide bonds. The maximum absolute atomic E-state index is 12.0. The number of aromatic nitrogens is 3. The van der Waals surface area contributed by atoms with E-state index in [1.807, 2.05) is 0 Å². The number of nitrogens with zero attached hydrogens (tertiary/aromatic N) is 3. The molecule has 2 aromatic heterocycles. The van der Waals surface area contributed by atoms with E-state index < -0.39 is 0 Å². The van der Waals surface area contributed by atoms with E-state index in [2.05, 4.69) is 53.5 Å². The van der Waals surface area contributed by atoms with E-state index in [9.17, 15) is 4.79 Å². The van der Waals surface area contributed by atoms with Gasteiger partial charge in [0.15, 0.2) is 0 Å². The number of hydrogen-bond donors (Lipinski definition) is 1. The quantitative estimate of drug-likeness (QED) is 0.508. The molecule has 0 aliphatic rings. The van der Waals surface area contributed by atoms with E-state index in [0.29, 0.717) is 17.4 Å². The minimum absolute atomic E-state index is 0. The predicted molar refractivity (Wildman–Crippen MR) is 101 cm³/mol. The molecule has 28 heavy (non-hydrogen) atoms. The van der Waals surface area contributed by atoms with Gasteiger partial charge in [-0.05, 0) is 18.1 Å². The number of anilines is 1. The predicted octanol–water partition coefficient (Wildman–Crippen LogP) is 0.622. The van der Waals surface area contributed by atoms with Crippen molar-refractivity contribution >= 4 is 11.6 Å². The molecule has 0 aliphatic carbocycles. The molecule has 0 atom stereocenters. The average Bonchev–Trinajstić information content (AvgIpc) is 3.18. The molecule has 0 fully saturated rings. The number of amides is 1. The molecule has 3 rings (SSSR count). The third-order valence-electron chi connectivity index (χ3n) is 3.36. The Labute approximate surface area is 207 Å². The fourth-order valence-corrected chi connectivity index (χ4v) is 1.97. The van der Waals surface area contributed by atoms with Crippen LogP contribution in [0.2, 0.25) is 0 Å². The monoisotopic (exact) mass is 405 g/mol. The maximum atomic E-state index is 12.0. The zero-order chi connectivity index (χ0) is 19.9. The van der Waals surface area contributed by atoms with Crippen molar-refractivity contribution in [2.24, 2.45) is 0 Å². The molecule has 2 heterocycles. The summed E-state index contributed by atoms with van der Waals surface area (Å²) in [7, 11) is 1.50. The van der Waals surface area contributed by atoms with Crippen molar-refractivity contribution in [2.45, 2.75) is 33.1 Å². The normalized spacial score (nSPS) is 10.2. The van der Waals surface area contributed by atoms with Crippen LogP contribution in [0.15, 0.2) is 40.9 Å². The van der Waals surface area contributed by atoms with Crippen LogP contribution in [-0.2, 0) is 5.41 Å². The second-order valence-electron chi connectivity index (χ2n) is 6.66. The van der Waals surface area contributed by atoms with Crippen molar-refractivity contribution in [1.82, 2.24) is 15.1 Å².